The van der Waals surface area contributed by atoms with E-state index in [4.69, 9.17) is 0 Å². The average molecular weight is 746 g/mol. The minimum Gasteiger partial charge on any atom is -0.223 e. The second kappa shape index (κ2) is 10.0. The van der Waals surface area contributed by atoms with Crippen molar-refractivity contribution >= 4 is 58.7 Å². The molecule has 0 spiro atoms. The average Bonchev–Trinajstić information content (AvgIpc) is 3.52. The first kappa shape index (κ1) is 42.0. The van der Waals surface area contributed by atoms with E-state index in [0.717, 1.165) is 0 Å². The smallest absolute Gasteiger partial charge is 0.0888 e. The van der Waals surface area contributed by atoms with Gasteiger partial charge in [-0.05, 0) is 40.3 Å². The largest absolute Gasteiger partial charge is 0.223 e. The molecular formula is C36H84SSi7. The quantitative estimate of drug-likeness (QED) is 0.204. The molecule has 44 heavy (non-hydrogen) atoms. The van der Waals surface area contributed by atoms with Gasteiger partial charge in [0, 0.05) is 15.2 Å². The van der Waals surface area contributed by atoms with E-state index < -0.39 is 48.1 Å². The zero-order valence-corrected chi connectivity index (χ0v) is 43.7. The van der Waals surface area contributed by atoms with E-state index >= 15 is 0 Å². The van der Waals surface area contributed by atoms with Gasteiger partial charge in [0.1, 0.15) is 0 Å². The lowest BCUT2D eigenvalue weighted by molar-refractivity contribution is 0.624. The Bertz CT molecular complexity index is 987. The maximum Gasteiger partial charge on any atom is 0.0888 e. The van der Waals surface area contributed by atoms with Crippen molar-refractivity contribution in [3.05, 3.63) is 0 Å². The van der Waals surface area contributed by atoms with Crippen LogP contribution in [0.2, 0.25) is 66.5 Å². The highest BCUT2D eigenvalue weighted by atomic mass is 32.7. The number of hydrogen-bond acceptors (Lipinski definition) is 1. The molecule has 8 heteroatoms. The van der Waals surface area contributed by atoms with Crippen molar-refractivity contribution in [3.8, 4) is 0 Å². The fourth-order valence-corrected chi connectivity index (χ4v) is 583. The summed E-state index contributed by atoms with van der Waals surface area (Å²) in [6.07, 6.45) is -1.88. The van der Waals surface area contributed by atoms with Gasteiger partial charge >= 0.3 is 0 Å². The van der Waals surface area contributed by atoms with Crippen molar-refractivity contribution in [3.63, 3.8) is 0 Å². The topological polar surface area (TPSA) is 0 Å². The summed E-state index contributed by atoms with van der Waals surface area (Å²) < 4.78 is 0. The van der Waals surface area contributed by atoms with Crippen LogP contribution < -0.4 is 0 Å². The van der Waals surface area contributed by atoms with Gasteiger partial charge in [-0.1, -0.05) is 192 Å². The summed E-state index contributed by atoms with van der Waals surface area (Å²) >= 11 is 0. The van der Waals surface area contributed by atoms with E-state index in [-0.39, 0.29) is 0 Å². The van der Waals surface area contributed by atoms with Gasteiger partial charge in [-0.2, -0.15) is 0 Å². The van der Waals surface area contributed by atoms with Crippen molar-refractivity contribution in [1.82, 2.24) is 0 Å². The molecule has 0 aliphatic carbocycles. The van der Waals surface area contributed by atoms with Crippen molar-refractivity contribution in [2.75, 3.05) is 0 Å². The molecule has 0 saturated carbocycles. The summed E-state index contributed by atoms with van der Waals surface area (Å²) in [6.45, 7) is 79.3. The Hall–Kier alpha value is 1.87. The van der Waals surface area contributed by atoms with Gasteiger partial charge in [0.05, 0.1) is 32.9 Å². The zero-order valence-electron chi connectivity index (χ0n) is 35.9. The minimum absolute atomic E-state index is 0.409. The monoisotopic (exact) mass is 744 g/mol. The predicted octanol–water partition coefficient (Wildman–Crippen LogP) is 14.4. The number of fused-ring (bicyclic) bond motifs is 1. The normalized spacial score (nSPS) is 26.5. The lowest BCUT2D eigenvalue weighted by Gasteiger charge is -2.72. The van der Waals surface area contributed by atoms with E-state index in [1.165, 1.54) is 0 Å². The molecule has 2 heterocycles. The molecular weight excluding hydrogens is 661 g/mol. The molecule has 2 rings (SSSR count). The summed E-state index contributed by atoms with van der Waals surface area (Å²) in [7, 11) is -4.59. The molecule has 2 aliphatic rings. The van der Waals surface area contributed by atoms with Gasteiger partial charge in [0.25, 0.3) is 0 Å². The van der Waals surface area contributed by atoms with Crippen molar-refractivity contribution in [2.24, 2.45) is 0 Å². The van der Waals surface area contributed by atoms with Crippen molar-refractivity contribution in [1.29, 1.82) is 0 Å². The second-order valence-corrected chi connectivity index (χ2v) is 115. The third-order valence-corrected chi connectivity index (χ3v) is 262. The molecule has 0 amide bonds. The SMILES string of the molecule is CC(C)(C)[Si](C)(C(C)(C)C)[Si]12S[Si]1([Si](C)(C(C)(C)C)C(C)(C)C)[Si]2([Si](C)(C(C)(C)C)C(C)(C)C)[Si](C)(C(C)(C)C)C(C)(C)C. The highest BCUT2D eigenvalue weighted by molar-refractivity contribution is 9.14. The molecule has 2 fully saturated rings. The molecule has 2 unspecified atom stereocenters. The molecule has 0 nitrogen and oxygen atoms in total. The van der Waals surface area contributed by atoms with Crippen LogP contribution in [-0.2, 0) is 0 Å². The standard InChI is InChI=1S/C36H84SSi7/c1-29(2,3)38(25,30(4,5)6)42-37-43(42,39(26,31(7,8)9)32(10,11)12)44(42,40(27,33(13,14)15)34(16,17)18)41(28,35(19,20)21)36(22,23)24/h1-28H3. The van der Waals surface area contributed by atoms with Crippen LogP contribution in [0.1, 0.15) is 166 Å². The molecule has 2 aliphatic heterocycles. The molecule has 0 bridgehead atoms. The summed E-state index contributed by atoms with van der Waals surface area (Å²) in [5.41, 5.74) is 0. The second-order valence-electron chi connectivity index (χ2n) is 24.7. The van der Waals surface area contributed by atoms with Gasteiger partial charge in [-0.15, -0.1) is 0 Å². The van der Waals surface area contributed by atoms with Crippen LogP contribution in [0.25, 0.3) is 0 Å². The van der Waals surface area contributed by atoms with Crippen LogP contribution in [0.3, 0.4) is 0 Å². The number of rotatable bonds is 4. The minimum atomic E-state index is -1.94. The Kier molecular flexibility index (Phi) is 9.56. The first-order valence-corrected chi connectivity index (χ1v) is 43.4. The summed E-state index contributed by atoms with van der Waals surface area (Å²) in [4.78, 5) is 0. The van der Waals surface area contributed by atoms with Gasteiger partial charge in [-0.25, -0.2) is 10.7 Å². The Morgan fingerprint density at radius 1 is 0.273 bits per heavy atom. The molecule has 2 saturated heterocycles. The fourth-order valence-electron chi connectivity index (χ4n) is 13.2. The third kappa shape index (κ3) is 4.18. The maximum absolute atomic E-state index is 3.14. The van der Waals surface area contributed by atoms with Crippen molar-refractivity contribution < 1.29 is 0 Å². The first-order chi connectivity index (χ1) is 18.5. The molecule has 0 aromatic rings. The zero-order chi connectivity index (χ0) is 36.2. The van der Waals surface area contributed by atoms with Crippen LogP contribution in [0, 0.1) is 0 Å². The van der Waals surface area contributed by atoms with Crippen LogP contribution in [0.15, 0.2) is 0 Å². The van der Waals surface area contributed by atoms with Gasteiger partial charge in [-0.3, -0.25) is 0 Å². The van der Waals surface area contributed by atoms with E-state index in [1.807, 2.05) is 0 Å². The van der Waals surface area contributed by atoms with Crippen LogP contribution >= 0.6 is 10.7 Å². The van der Waals surface area contributed by atoms with Crippen LogP contribution in [0.4, 0.5) is 0 Å². The first-order valence-electron chi connectivity index (χ1n) is 18.2. The molecule has 0 aromatic carbocycles. The number of hydrogen-bond donors (Lipinski definition) is 0. The van der Waals surface area contributed by atoms with E-state index in [1.54, 1.807) is 0 Å². The Morgan fingerprint density at radius 2 is 0.409 bits per heavy atom. The van der Waals surface area contributed by atoms with Crippen LogP contribution in [0.5, 0.6) is 0 Å². The molecule has 0 aromatic heterocycles. The summed E-state index contributed by atoms with van der Waals surface area (Å²) in [6, 6.07) is 0. The Labute approximate surface area is 289 Å². The third-order valence-electron chi connectivity index (χ3n) is 16.7. The molecule has 0 N–H and O–H groups in total. The van der Waals surface area contributed by atoms with Gasteiger partial charge in [0.15, 0.2) is 0 Å². The highest BCUT2D eigenvalue weighted by Crippen LogP contribution is 2.98. The van der Waals surface area contributed by atoms with Gasteiger partial charge < -0.3 is 0 Å². The summed E-state index contributed by atoms with van der Waals surface area (Å²) in [5, 5.41) is 3.34. The van der Waals surface area contributed by atoms with E-state index in [2.05, 4.69) is 203 Å². The van der Waals surface area contributed by atoms with Crippen LogP contribution in [-0.4, -0.2) is 48.1 Å². The van der Waals surface area contributed by atoms with Crippen molar-refractivity contribution in [2.45, 2.75) is 233 Å². The van der Waals surface area contributed by atoms with E-state index in [0.29, 0.717) is 40.3 Å². The highest BCUT2D eigenvalue weighted by Gasteiger charge is 3.18. The molecule has 2 atom stereocenters. The summed E-state index contributed by atoms with van der Waals surface area (Å²) in [5.74, 6) is -3.48. The lowest BCUT2D eigenvalue weighted by atomic mass is 10.2. The van der Waals surface area contributed by atoms with Gasteiger partial charge in [0.2, 0.25) is 0 Å². The lowest BCUT2D eigenvalue weighted by Crippen LogP contribution is -2.90. The molecule has 262 valence electrons. The Morgan fingerprint density at radius 3 is 0.523 bits per heavy atom. The fraction of sp³-hybridized carbons (Fsp3) is 1.00. The molecule has 0 radical (unpaired) electrons. The maximum atomic E-state index is 3.14. The Balaban J connectivity index is 3.76. The van der Waals surface area contributed by atoms with E-state index in [9.17, 15) is 0 Å². The predicted molar refractivity (Wildman–Crippen MR) is 229 cm³/mol.